The summed E-state index contributed by atoms with van der Waals surface area (Å²) in [6.45, 7) is 4.75. The molecule has 2 N–H and O–H groups in total. The number of aryl methyl sites for hydroxylation is 1. The Morgan fingerprint density at radius 3 is 2.63 bits per heavy atom. The molecule has 2 rings (SSSR count). The SMILES string of the molecule is CC[C@H](N)c1ccccc1OCc1cccc(C)c1. The smallest absolute Gasteiger partial charge is 0.124 e. The van der Waals surface area contributed by atoms with Gasteiger partial charge in [-0.15, -0.1) is 0 Å². The summed E-state index contributed by atoms with van der Waals surface area (Å²) in [5.41, 5.74) is 9.62. The zero-order valence-corrected chi connectivity index (χ0v) is 11.6. The Morgan fingerprint density at radius 1 is 1.11 bits per heavy atom. The van der Waals surface area contributed by atoms with E-state index in [2.05, 4.69) is 38.1 Å². The Kier molecular flexibility index (Phi) is 4.58. The molecule has 2 aromatic carbocycles. The largest absolute Gasteiger partial charge is 0.489 e. The topological polar surface area (TPSA) is 35.2 Å². The van der Waals surface area contributed by atoms with Gasteiger partial charge in [0.05, 0.1) is 0 Å². The molecule has 2 heteroatoms. The maximum Gasteiger partial charge on any atom is 0.124 e. The van der Waals surface area contributed by atoms with Gasteiger partial charge in [-0.05, 0) is 25.0 Å². The van der Waals surface area contributed by atoms with Crippen LogP contribution in [0.4, 0.5) is 0 Å². The fourth-order valence-corrected chi connectivity index (χ4v) is 2.10. The number of nitrogens with two attached hydrogens (primary N) is 1. The minimum Gasteiger partial charge on any atom is -0.489 e. The summed E-state index contributed by atoms with van der Waals surface area (Å²) in [6, 6.07) is 16.4. The first kappa shape index (κ1) is 13.6. The van der Waals surface area contributed by atoms with Crippen LogP contribution in [0, 0.1) is 6.92 Å². The van der Waals surface area contributed by atoms with E-state index in [4.69, 9.17) is 10.5 Å². The summed E-state index contributed by atoms with van der Waals surface area (Å²) in [5.74, 6) is 0.887. The van der Waals surface area contributed by atoms with Crippen molar-refractivity contribution in [2.24, 2.45) is 5.73 Å². The lowest BCUT2D eigenvalue weighted by Gasteiger charge is -2.15. The molecule has 0 fully saturated rings. The highest BCUT2D eigenvalue weighted by Crippen LogP contribution is 2.26. The maximum absolute atomic E-state index is 6.11. The highest BCUT2D eigenvalue weighted by atomic mass is 16.5. The van der Waals surface area contributed by atoms with Gasteiger partial charge in [-0.1, -0.05) is 55.0 Å². The van der Waals surface area contributed by atoms with E-state index in [1.54, 1.807) is 0 Å². The molecule has 0 radical (unpaired) electrons. The molecule has 0 heterocycles. The second-order valence-electron chi connectivity index (χ2n) is 4.83. The van der Waals surface area contributed by atoms with Gasteiger partial charge in [0.25, 0.3) is 0 Å². The van der Waals surface area contributed by atoms with Gasteiger partial charge in [0.15, 0.2) is 0 Å². The Labute approximate surface area is 115 Å². The number of rotatable bonds is 5. The van der Waals surface area contributed by atoms with Crippen molar-refractivity contribution in [1.82, 2.24) is 0 Å². The van der Waals surface area contributed by atoms with Crippen LogP contribution in [0.3, 0.4) is 0 Å². The van der Waals surface area contributed by atoms with E-state index >= 15 is 0 Å². The van der Waals surface area contributed by atoms with Crippen LogP contribution < -0.4 is 10.5 Å². The Balaban J connectivity index is 2.11. The molecule has 0 amide bonds. The van der Waals surface area contributed by atoms with Crippen LogP contribution in [0.15, 0.2) is 48.5 Å². The van der Waals surface area contributed by atoms with Crippen molar-refractivity contribution in [1.29, 1.82) is 0 Å². The lowest BCUT2D eigenvalue weighted by atomic mass is 10.0. The van der Waals surface area contributed by atoms with Gasteiger partial charge < -0.3 is 10.5 Å². The van der Waals surface area contributed by atoms with Crippen LogP contribution in [0.2, 0.25) is 0 Å². The van der Waals surface area contributed by atoms with Crippen molar-refractivity contribution in [3.63, 3.8) is 0 Å². The monoisotopic (exact) mass is 255 g/mol. The third kappa shape index (κ3) is 3.58. The average Bonchev–Trinajstić information content (AvgIpc) is 2.45. The third-order valence-electron chi connectivity index (χ3n) is 3.24. The number of ether oxygens (including phenoxy) is 1. The second kappa shape index (κ2) is 6.39. The van der Waals surface area contributed by atoms with E-state index in [-0.39, 0.29) is 6.04 Å². The lowest BCUT2D eigenvalue weighted by Crippen LogP contribution is -2.10. The molecule has 19 heavy (non-hydrogen) atoms. The Morgan fingerprint density at radius 2 is 1.89 bits per heavy atom. The summed E-state index contributed by atoms with van der Waals surface area (Å²) in [7, 11) is 0. The molecule has 0 aliphatic rings. The standard InChI is InChI=1S/C17H21NO/c1-3-16(18)15-9-4-5-10-17(15)19-12-14-8-6-7-13(2)11-14/h4-11,16H,3,12,18H2,1-2H3/t16-/m0/s1. The van der Waals surface area contributed by atoms with Gasteiger partial charge in [-0.2, -0.15) is 0 Å². The van der Waals surface area contributed by atoms with Gasteiger partial charge in [0, 0.05) is 11.6 Å². The van der Waals surface area contributed by atoms with Crippen LogP contribution in [-0.4, -0.2) is 0 Å². The quantitative estimate of drug-likeness (QED) is 0.877. The van der Waals surface area contributed by atoms with Crippen molar-refractivity contribution < 1.29 is 4.74 Å². The number of hydrogen-bond acceptors (Lipinski definition) is 2. The van der Waals surface area contributed by atoms with E-state index in [9.17, 15) is 0 Å². The summed E-state index contributed by atoms with van der Waals surface area (Å²) >= 11 is 0. The predicted molar refractivity (Wildman–Crippen MR) is 79.2 cm³/mol. The lowest BCUT2D eigenvalue weighted by molar-refractivity contribution is 0.300. The first-order chi connectivity index (χ1) is 9.20. The molecule has 0 saturated carbocycles. The zero-order valence-electron chi connectivity index (χ0n) is 11.6. The van der Waals surface area contributed by atoms with Crippen molar-refractivity contribution in [3.8, 4) is 5.75 Å². The Hall–Kier alpha value is -1.80. The number of para-hydroxylation sites is 1. The molecule has 2 aromatic rings. The molecular formula is C17H21NO. The molecular weight excluding hydrogens is 234 g/mol. The second-order valence-corrected chi connectivity index (χ2v) is 4.83. The van der Waals surface area contributed by atoms with Crippen LogP contribution >= 0.6 is 0 Å². The molecule has 0 aromatic heterocycles. The molecule has 0 saturated heterocycles. The van der Waals surface area contributed by atoms with Crippen LogP contribution in [0.1, 0.15) is 36.1 Å². The van der Waals surface area contributed by atoms with Crippen molar-refractivity contribution >= 4 is 0 Å². The van der Waals surface area contributed by atoms with Crippen LogP contribution in [0.5, 0.6) is 5.75 Å². The average molecular weight is 255 g/mol. The summed E-state index contributed by atoms with van der Waals surface area (Å²) in [5, 5.41) is 0. The molecule has 0 spiro atoms. The molecule has 0 aliphatic carbocycles. The van der Waals surface area contributed by atoms with Gasteiger partial charge in [-0.25, -0.2) is 0 Å². The molecule has 1 atom stereocenters. The van der Waals surface area contributed by atoms with Crippen molar-refractivity contribution in [2.45, 2.75) is 32.9 Å². The number of benzene rings is 2. The minimum absolute atomic E-state index is 0.0358. The van der Waals surface area contributed by atoms with Gasteiger partial charge >= 0.3 is 0 Å². The van der Waals surface area contributed by atoms with E-state index in [1.165, 1.54) is 11.1 Å². The molecule has 0 unspecified atom stereocenters. The molecule has 0 bridgehead atoms. The highest BCUT2D eigenvalue weighted by molar-refractivity contribution is 5.36. The fourth-order valence-electron chi connectivity index (χ4n) is 2.10. The summed E-state index contributed by atoms with van der Waals surface area (Å²) in [6.07, 6.45) is 0.908. The summed E-state index contributed by atoms with van der Waals surface area (Å²) in [4.78, 5) is 0. The third-order valence-corrected chi connectivity index (χ3v) is 3.24. The van der Waals surface area contributed by atoms with Gasteiger partial charge in [-0.3, -0.25) is 0 Å². The van der Waals surface area contributed by atoms with Crippen molar-refractivity contribution in [2.75, 3.05) is 0 Å². The van der Waals surface area contributed by atoms with Crippen molar-refractivity contribution in [3.05, 3.63) is 65.2 Å². The highest BCUT2D eigenvalue weighted by Gasteiger charge is 2.09. The zero-order chi connectivity index (χ0) is 13.7. The van der Waals surface area contributed by atoms with E-state index in [1.807, 2.05) is 24.3 Å². The molecule has 0 aliphatic heterocycles. The molecule has 2 nitrogen and oxygen atoms in total. The predicted octanol–water partition coefficient (Wildman–Crippen LogP) is 3.98. The normalized spacial score (nSPS) is 12.2. The van der Waals surface area contributed by atoms with E-state index < -0.39 is 0 Å². The van der Waals surface area contributed by atoms with Crippen LogP contribution in [-0.2, 0) is 6.61 Å². The van der Waals surface area contributed by atoms with E-state index in [0.717, 1.165) is 17.7 Å². The first-order valence-electron chi connectivity index (χ1n) is 6.73. The summed E-state index contributed by atoms with van der Waals surface area (Å²) < 4.78 is 5.92. The molecule has 100 valence electrons. The van der Waals surface area contributed by atoms with Gasteiger partial charge in [0.1, 0.15) is 12.4 Å². The van der Waals surface area contributed by atoms with Gasteiger partial charge in [0.2, 0.25) is 0 Å². The van der Waals surface area contributed by atoms with Crippen LogP contribution in [0.25, 0.3) is 0 Å². The Bertz CT molecular complexity index is 536. The van der Waals surface area contributed by atoms with E-state index in [0.29, 0.717) is 6.61 Å². The first-order valence-corrected chi connectivity index (χ1v) is 6.73. The minimum atomic E-state index is 0.0358. The fraction of sp³-hybridized carbons (Fsp3) is 0.294. The maximum atomic E-state index is 6.11. The number of hydrogen-bond donors (Lipinski definition) is 1.